The van der Waals surface area contributed by atoms with Crippen molar-refractivity contribution >= 4 is 0 Å². The van der Waals surface area contributed by atoms with Crippen molar-refractivity contribution in [3.63, 3.8) is 0 Å². The minimum absolute atomic E-state index is 0.0717. The Bertz CT molecular complexity index is 412. The van der Waals surface area contributed by atoms with Crippen LogP contribution in [0.15, 0.2) is 15.4 Å². The average molecular weight is 224 g/mol. The molecule has 1 aromatic heterocycles. The van der Waals surface area contributed by atoms with E-state index < -0.39 is 0 Å². The molecule has 0 radical (unpaired) electrons. The molecule has 1 aromatic rings. The van der Waals surface area contributed by atoms with Gasteiger partial charge in [-0.15, -0.1) is 0 Å². The van der Waals surface area contributed by atoms with E-state index in [1.54, 1.807) is 6.20 Å². The molecule has 1 fully saturated rings. The first kappa shape index (κ1) is 11.5. The molecule has 0 unspecified atom stereocenters. The summed E-state index contributed by atoms with van der Waals surface area (Å²) in [5, 5.41) is 3.61. The summed E-state index contributed by atoms with van der Waals surface area (Å²) in [5.41, 5.74) is 0.143. The summed E-state index contributed by atoms with van der Waals surface area (Å²) in [5.74, 6) is 0.738. The first-order valence-electron chi connectivity index (χ1n) is 5.75. The number of oxazole rings is 1. The maximum absolute atomic E-state index is 11.0. The van der Waals surface area contributed by atoms with Crippen molar-refractivity contribution in [2.24, 2.45) is 0 Å². The Balaban J connectivity index is 2.26. The Morgan fingerprint density at radius 3 is 2.25 bits per heavy atom. The normalized spacial score (nSPS) is 24.5. The SMILES string of the molecule is CC1(C)CC(c2c[nH]c(=O)o2)CC(C)(C)N1. The van der Waals surface area contributed by atoms with Crippen LogP contribution in [0.1, 0.15) is 52.2 Å². The summed E-state index contributed by atoms with van der Waals surface area (Å²) in [4.78, 5) is 13.6. The third-order valence-electron chi connectivity index (χ3n) is 3.14. The number of hydrogen-bond donors (Lipinski definition) is 2. The lowest BCUT2D eigenvalue weighted by atomic mass is 9.75. The van der Waals surface area contributed by atoms with Gasteiger partial charge in [0.1, 0.15) is 5.76 Å². The topological polar surface area (TPSA) is 58.0 Å². The van der Waals surface area contributed by atoms with Crippen molar-refractivity contribution in [3.8, 4) is 0 Å². The zero-order chi connectivity index (χ0) is 12.0. The van der Waals surface area contributed by atoms with E-state index in [4.69, 9.17) is 4.42 Å². The zero-order valence-corrected chi connectivity index (χ0v) is 10.4. The van der Waals surface area contributed by atoms with Crippen LogP contribution in [0.3, 0.4) is 0 Å². The molecule has 0 amide bonds. The van der Waals surface area contributed by atoms with Crippen molar-refractivity contribution in [2.75, 3.05) is 0 Å². The van der Waals surface area contributed by atoms with E-state index in [1.807, 2.05) is 0 Å². The fourth-order valence-corrected chi connectivity index (χ4v) is 3.02. The number of hydrogen-bond acceptors (Lipinski definition) is 3. The van der Waals surface area contributed by atoms with Gasteiger partial charge in [-0.2, -0.15) is 0 Å². The van der Waals surface area contributed by atoms with Crippen LogP contribution < -0.4 is 11.1 Å². The fourth-order valence-electron chi connectivity index (χ4n) is 3.02. The van der Waals surface area contributed by atoms with Gasteiger partial charge in [0.2, 0.25) is 0 Å². The standard InChI is InChI=1S/C12H20N2O2/c1-11(2)5-8(6-12(3,4)14-11)9-7-13-10(15)16-9/h7-8,14H,5-6H2,1-4H3,(H,13,15). The molecule has 1 aliphatic heterocycles. The predicted molar refractivity (Wildman–Crippen MR) is 62.6 cm³/mol. The zero-order valence-electron chi connectivity index (χ0n) is 10.4. The maximum Gasteiger partial charge on any atom is 0.416 e. The number of piperidine rings is 1. The molecule has 1 aliphatic rings. The van der Waals surface area contributed by atoms with E-state index in [1.165, 1.54) is 0 Å². The molecule has 16 heavy (non-hydrogen) atoms. The third-order valence-corrected chi connectivity index (χ3v) is 3.14. The Morgan fingerprint density at radius 2 is 1.81 bits per heavy atom. The van der Waals surface area contributed by atoms with Crippen molar-refractivity contribution in [2.45, 2.75) is 57.5 Å². The molecule has 0 aromatic carbocycles. The monoisotopic (exact) mass is 224 g/mol. The van der Waals surface area contributed by atoms with E-state index in [-0.39, 0.29) is 16.8 Å². The third kappa shape index (κ3) is 2.38. The second-order valence-corrected chi connectivity index (χ2v) is 6.08. The summed E-state index contributed by atoms with van der Waals surface area (Å²) in [7, 11) is 0. The molecule has 0 atom stereocenters. The highest BCUT2D eigenvalue weighted by molar-refractivity contribution is 5.09. The Kier molecular flexibility index (Phi) is 2.49. The highest BCUT2D eigenvalue weighted by atomic mass is 16.4. The molecule has 0 bridgehead atoms. The quantitative estimate of drug-likeness (QED) is 0.767. The molecule has 1 saturated heterocycles. The van der Waals surface area contributed by atoms with Gasteiger partial charge in [-0.25, -0.2) is 4.79 Å². The van der Waals surface area contributed by atoms with E-state index in [0.717, 1.165) is 18.6 Å². The molecule has 0 aliphatic carbocycles. The molecular weight excluding hydrogens is 204 g/mol. The minimum Gasteiger partial charge on any atom is -0.413 e. The summed E-state index contributed by atoms with van der Waals surface area (Å²) < 4.78 is 5.17. The van der Waals surface area contributed by atoms with Gasteiger partial charge in [-0.05, 0) is 40.5 Å². The Morgan fingerprint density at radius 1 is 1.25 bits per heavy atom. The van der Waals surface area contributed by atoms with E-state index in [2.05, 4.69) is 38.0 Å². The molecule has 90 valence electrons. The number of nitrogens with one attached hydrogen (secondary N) is 2. The first-order chi connectivity index (χ1) is 7.27. The Hall–Kier alpha value is -1.03. The average Bonchev–Trinajstić information content (AvgIpc) is 2.45. The molecule has 2 heterocycles. The minimum atomic E-state index is -0.357. The van der Waals surface area contributed by atoms with Crippen LogP contribution >= 0.6 is 0 Å². The van der Waals surface area contributed by atoms with Crippen molar-refractivity contribution in [3.05, 3.63) is 22.5 Å². The van der Waals surface area contributed by atoms with Gasteiger partial charge in [0.25, 0.3) is 0 Å². The first-order valence-corrected chi connectivity index (χ1v) is 5.75. The van der Waals surface area contributed by atoms with Crippen LogP contribution in [-0.4, -0.2) is 16.1 Å². The fraction of sp³-hybridized carbons (Fsp3) is 0.750. The van der Waals surface area contributed by atoms with Gasteiger partial charge >= 0.3 is 5.76 Å². The molecule has 2 N–H and O–H groups in total. The van der Waals surface area contributed by atoms with Crippen LogP contribution in [-0.2, 0) is 0 Å². The van der Waals surface area contributed by atoms with E-state index in [9.17, 15) is 4.79 Å². The van der Waals surface area contributed by atoms with Crippen molar-refractivity contribution in [1.82, 2.24) is 10.3 Å². The summed E-state index contributed by atoms with van der Waals surface area (Å²) in [6.45, 7) is 8.74. The molecule has 0 saturated carbocycles. The lowest BCUT2D eigenvalue weighted by molar-refractivity contribution is 0.150. The van der Waals surface area contributed by atoms with Crippen LogP contribution in [0.25, 0.3) is 0 Å². The second kappa shape index (κ2) is 3.48. The van der Waals surface area contributed by atoms with E-state index >= 15 is 0 Å². The van der Waals surface area contributed by atoms with Crippen molar-refractivity contribution < 1.29 is 4.42 Å². The van der Waals surface area contributed by atoms with Crippen LogP contribution in [0, 0.1) is 0 Å². The molecule has 4 nitrogen and oxygen atoms in total. The lowest BCUT2D eigenvalue weighted by Crippen LogP contribution is -2.57. The maximum atomic E-state index is 11.0. The van der Waals surface area contributed by atoms with E-state index in [0.29, 0.717) is 5.92 Å². The number of aromatic amines is 1. The van der Waals surface area contributed by atoms with Gasteiger partial charge in [0.05, 0.1) is 0 Å². The van der Waals surface area contributed by atoms with Crippen molar-refractivity contribution in [1.29, 1.82) is 0 Å². The van der Waals surface area contributed by atoms with Gasteiger partial charge in [0.15, 0.2) is 0 Å². The van der Waals surface area contributed by atoms with Gasteiger partial charge in [-0.3, -0.25) is 4.98 Å². The Labute approximate surface area is 95.4 Å². The highest BCUT2D eigenvalue weighted by Gasteiger charge is 2.39. The smallest absolute Gasteiger partial charge is 0.413 e. The number of aromatic nitrogens is 1. The summed E-state index contributed by atoms with van der Waals surface area (Å²) in [6, 6.07) is 0. The highest BCUT2D eigenvalue weighted by Crippen LogP contribution is 2.38. The summed E-state index contributed by atoms with van der Waals surface area (Å²) in [6.07, 6.45) is 3.67. The van der Waals surface area contributed by atoms with Crippen LogP contribution in [0.2, 0.25) is 0 Å². The number of H-pyrrole nitrogens is 1. The van der Waals surface area contributed by atoms with Gasteiger partial charge in [0, 0.05) is 23.2 Å². The van der Waals surface area contributed by atoms with Gasteiger partial charge < -0.3 is 9.73 Å². The predicted octanol–water partition coefficient (Wildman–Crippen LogP) is 1.99. The number of rotatable bonds is 1. The molecular formula is C12H20N2O2. The summed E-state index contributed by atoms with van der Waals surface area (Å²) >= 11 is 0. The van der Waals surface area contributed by atoms with Crippen LogP contribution in [0.5, 0.6) is 0 Å². The molecule has 2 rings (SSSR count). The van der Waals surface area contributed by atoms with Gasteiger partial charge in [-0.1, -0.05) is 0 Å². The largest absolute Gasteiger partial charge is 0.416 e. The molecule has 0 spiro atoms. The lowest BCUT2D eigenvalue weighted by Gasteiger charge is -2.45. The molecule has 4 heteroatoms. The second-order valence-electron chi connectivity index (χ2n) is 6.08. The van der Waals surface area contributed by atoms with Crippen LogP contribution in [0.4, 0.5) is 0 Å².